The minimum atomic E-state index is -3.51. The van der Waals surface area contributed by atoms with Crippen molar-refractivity contribution >= 4 is 26.0 Å². The minimum Gasteiger partial charge on any atom is -0.392 e. The van der Waals surface area contributed by atoms with Gasteiger partial charge in [-0.3, -0.25) is 4.98 Å². The van der Waals surface area contributed by atoms with E-state index in [1.54, 1.807) is 0 Å². The van der Waals surface area contributed by atoms with Gasteiger partial charge in [0.25, 0.3) is 0 Å². The summed E-state index contributed by atoms with van der Waals surface area (Å²) in [7, 11) is -3.51. The third kappa shape index (κ3) is 2.27. The van der Waals surface area contributed by atoms with Gasteiger partial charge in [0.1, 0.15) is 4.90 Å². The molecule has 0 aliphatic carbocycles. The van der Waals surface area contributed by atoms with Crippen LogP contribution in [0, 0.1) is 0 Å². The SMILES string of the molecule is O=S(=O)(c1cncc(Br)c1)N1CC[C@@H](O)C1. The number of hydrogen-bond acceptors (Lipinski definition) is 4. The molecule has 7 heteroatoms. The average Bonchev–Trinajstić information content (AvgIpc) is 2.65. The summed E-state index contributed by atoms with van der Waals surface area (Å²) < 4.78 is 26.1. The van der Waals surface area contributed by atoms with Crippen LogP contribution in [0.25, 0.3) is 0 Å². The largest absolute Gasteiger partial charge is 0.392 e. The molecule has 88 valence electrons. The molecule has 0 aromatic carbocycles. The van der Waals surface area contributed by atoms with Gasteiger partial charge in [-0.2, -0.15) is 4.31 Å². The van der Waals surface area contributed by atoms with E-state index in [9.17, 15) is 13.5 Å². The minimum absolute atomic E-state index is 0.149. The van der Waals surface area contributed by atoms with Crippen molar-refractivity contribution in [2.24, 2.45) is 0 Å². The first-order valence-electron chi connectivity index (χ1n) is 4.79. The first-order chi connectivity index (χ1) is 7.50. The number of pyridine rings is 1. The molecule has 0 unspecified atom stereocenters. The molecule has 1 aromatic rings. The number of aliphatic hydroxyl groups excluding tert-OH is 1. The van der Waals surface area contributed by atoms with Crippen molar-refractivity contribution in [2.45, 2.75) is 17.4 Å². The van der Waals surface area contributed by atoms with Crippen LogP contribution in [0.1, 0.15) is 6.42 Å². The zero-order chi connectivity index (χ0) is 11.8. The lowest BCUT2D eigenvalue weighted by Crippen LogP contribution is -2.29. The molecule has 2 rings (SSSR count). The average molecular weight is 307 g/mol. The lowest BCUT2D eigenvalue weighted by atomic mass is 10.3. The van der Waals surface area contributed by atoms with E-state index in [2.05, 4.69) is 20.9 Å². The predicted molar refractivity (Wildman–Crippen MR) is 61.3 cm³/mol. The fourth-order valence-corrected chi connectivity index (χ4v) is 3.61. The van der Waals surface area contributed by atoms with Gasteiger partial charge in [-0.15, -0.1) is 0 Å². The highest BCUT2D eigenvalue weighted by atomic mass is 79.9. The van der Waals surface area contributed by atoms with Gasteiger partial charge >= 0.3 is 0 Å². The molecule has 0 radical (unpaired) electrons. The summed E-state index contributed by atoms with van der Waals surface area (Å²) in [4.78, 5) is 3.97. The number of aromatic nitrogens is 1. The third-order valence-corrected chi connectivity index (χ3v) is 4.71. The molecule has 1 N–H and O–H groups in total. The standard InChI is InChI=1S/C9H11BrN2O3S/c10-7-3-9(5-11-4-7)16(14,15)12-2-1-8(13)6-12/h3-5,8,13H,1-2,6H2/t8-/m1/s1. The van der Waals surface area contributed by atoms with Crippen LogP contribution < -0.4 is 0 Å². The summed E-state index contributed by atoms with van der Waals surface area (Å²) in [6.45, 7) is 0.519. The number of sulfonamides is 1. The molecular formula is C9H11BrN2O3S. The monoisotopic (exact) mass is 306 g/mol. The van der Waals surface area contributed by atoms with Crippen molar-refractivity contribution in [1.82, 2.24) is 9.29 Å². The Labute approximate surface area is 102 Å². The van der Waals surface area contributed by atoms with Gasteiger partial charge in [0, 0.05) is 30.0 Å². The highest BCUT2D eigenvalue weighted by Crippen LogP contribution is 2.22. The fraction of sp³-hybridized carbons (Fsp3) is 0.444. The predicted octanol–water partition coefficient (Wildman–Crippen LogP) is 0.599. The molecule has 1 aliphatic rings. The van der Waals surface area contributed by atoms with E-state index < -0.39 is 16.1 Å². The molecule has 1 aliphatic heterocycles. The Balaban J connectivity index is 2.32. The van der Waals surface area contributed by atoms with Gasteiger partial charge < -0.3 is 5.11 Å². The smallest absolute Gasteiger partial charge is 0.244 e. The van der Waals surface area contributed by atoms with Crippen molar-refractivity contribution in [2.75, 3.05) is 13.1 Å². The van der Waals surface area contributed by atoms with Crippen LogP contribution >= 0.6 is 15.9 Å². The summed E-state index contributed by atoms with van der Waals surface area (Å²) >= 11 is 3.18. The summed E-state index contributed by atoms with van der Waals surface area (Å²) in [6.07, 6.45) is 2.76. The van der Waals surface area contributed by atoms with Crippen molar-refractivity contribution < 1.29 is 13.5 Å². The van der Waals surface area contributed by atoms with Crippen LogP contribution in [-0.2, 0) is 10.0 Å². The first-order valence-corrected chi connectivity index (χ1v) is 7.02. The summed E-state index contributed by atoms with van der Waals surface area (Å²) in [6, 6.07) is 1.51. The first kappa shape index (κ1) is 12.0. The topological polar surface area (TPSA) is 70.5 Å². The van der Waals surface area contributed by atoms with Crippen LogP contribution in [0.3, 0.4) is 0 Å². The van der Waals surface area contributed by atoms with Crippen LogP contribution in [-0.4, -0.2) is 42.0 Å². The van der Waals surface area contributed by atoms with Gasteiger partial charge in [0.2, 0.25) is 10.0 Å². The Morgan fingerprint density at radius 1 is 1.50 bits per heavy atom. The number of hydrogen-bond donors (Lipinski definition) is 1. The molecule has 1 saturated heterocycles. The third-order valence-electron chi connectivity index (χ3n) is 2.44. The molecule has 5 nitrogen and oxygen atoms in total. The van der Waals surface area contributed by atoms with E-state index in [0.29, 0.717) is 17.4 Å². The van der Waals surface area contributed by atoms with Gasteiger partial charge in [-0.25, -0.2) is 8.42 Å². The normalized spacial score (nSPS) is 22.5. The Morgan fingerprint density at radius 3 is 2.81 bits per heavy atom. The van der Waals surface area contributed by atoms with Crippen LogP contribution in [0.2, 0.25) is 0 Å². The molecule has 0 amide bonds. The van der Waals surface area contributed by atoms with Crippen molar-refractivity contribution in [3.05, 3.63) is 22.9 Å². The number of nitrogens with zero attached hydrogens (tertiary/aromatic N) is 2. The lowest BCUT2D eigenvalue weighted by Gasteiger charge is -2.15. The van der Waals surface area contributed by atoms with Crippen molar-refractivity contribution in [3.8, 4) is 0 Å². The molecule has 1 aromatic heterocycles. The number of rotatable bonds is 2. The Morgan fingerprint density at radius 2 is 2.25 bits per heavy atom. The summed E-state index contributed by atoms with van der Waals surface area (Å²) in [5.41, 5.74) is 0. The molecular weight excluding hydrogens is 296 g/mol. The second-order valence-electron chi connectivity index (χ2n) is 3.64. The zero-order valence-electron chi connectivity index (χ0n) is 8.38. The van der Waals surface area contributed by atoms with E-state index in [0.717, 1.165) is 0 Å². The molecule has 0 spiro atoms. The van der Waals surface area contributed by atoms with E-state index in [4.69, 9.17) is 0 Å². The van der Waals surface area contributed by atoms with E-state index in [1.165, 1.54) is 22.8 Å². The van der Waals surface area contributed by atoms with E-state index >= 15 is 0 Å². The van der Waals surface area contributed by atoms with Crippen molar-refractivity contribution in [3.63, 3.8) is 0 Å². The van der Waals surface area contributed by atoms with Crippen LogP contribution in [0.5, 0.6) is 0 Å². The molecule has 2 heterocycles. The van der Waals surface area contributed by atoms with E-state index in [-0.39, 0.29) is 11.4 Å². The van der Waals surface area contributed by atoms with E-state index in [1.807, 2.05) is 0 Å². The van der Waals surface area contributed by atoms with Gasteiger partial charge in [-0.1, -0.05) is 0 Å². The summed E-state index contributed by atoms with van der Waals surface area (Å²) in [5, 5.41) is 9.33. The number of halogens is 1. The molecule has 16 heavy (non-hydrogen) atoms. The second-order valence-corrected chi connectivity index (χ2v) is 6.50. The molecule has 0 saturated carbocycles. The Bertz CT molecular complexity index is 491. The Hall–Kier alpha value is -0.500. The zero-order valence-corrected chi connectivity index (χ0v) is 10.8. The maximum absolute atomic E-state index is 12.1. The summed E-state index contributed by atoms with van der Waals surface area (Å²) in [5.74, 6) is 0. The molecule has 0 bridgehead atoms. The maximum Gasteiger partial charge on any atom is 0.244 e. The highest BCUT2D eigenvalue weighted by Gasteiger charge is 2.31. The van der Waals surface area contributed by atoms with Gasteiger partial charge in [0.05, 0.1) is 6.10 Å². The number of β-amino-alcohol motifs (C(OH)–C–C–N with tert-alkyl or cyclic N) is 1. The highest BCUT2D eigenvalue weighted by molar-refractivity contribution is 9.10. The van der Waals surface area contributed by atoms with Crippen molar-refractivity contribution in [1.29, 1.82) is 0 Å². The molecule has 1 fully saturated rings. The van der Waals surface area contributed by atoms with Crippen LogP contribution in [0.4, 0.5) is 0 Å². The quantitative estimate of drug-likeness (QED) is 0.868. The van der Waals surface area contributed by atoms with Gasteiger partial charge in [0.15, 0.2) is 0 Å². The lowest BCUT2D eigenvalue weighted by molar-refractivity contribution is 0.189. The second kappa shape index (κ2) is 4.40. The van der Waals surface area contributed by atoms with Gasteiger partial charge in [-0.05, 0) is 28.4 Å². The number of aliphatic hydroxyl groups is 1. The Kier molecular flexibility index (Phi) is 3.29. The fourth-order valence-electron chi connectivity index (χ4n) is 1.61. The molecule has 1 atom stereocenters. The maximum atomic E-state index is 12.1. The van der Waals surface area contributed by atoms with Crippen LogP contribution in [0.15, 0.2) is 27.8 Å².